The Hall–Kier alpha value is -0.620. The molecule has 6 heteroatoms. The summed E-state index contributed by atoms with van der Waals surface area (Å²) in [6.07, 6.45) is 2.42. The molecule has 0 bridgehead atoms. The molecule has 0 spiro atoms. The van der Waals surface area contributed by atoms with Gasteiger partial charge in [-0.2, -0.15) is 0 Å². The lowest BCUT2D eigenvalue weighted by molar-refractivity contribution is -0.147. The van der Waals surface area contributed by atoms with E-state index in [2.05, 4.69) is 5.32 Å². The maximum atomic E-state index is 11.4. The van der Waals surface area contributed by atoms with Crippen LogP contribution in [-0.2, 0) is 14.6 Å². The minimum absolute atomic E-state index is 0.0453. The Morgan fingerprint density at radius 3 is 2.38 bits per heavy atom. The summed E-state index contributed by atoms with van der Waals surface area (Å²) in [5.41, 5.74) is -0.865. The van der Waals surface area contributed by atoms with Gasteiger partial charge in [-0.25, -0.2) is 8.42 Å². The van der Waals surface area contributed by atoms with Crippen molar-refractivity contribution in [3.05, 3.63) is 0 Å². The smallest absolute Gasteiger partial charge is 0.324 e. The largest absolute Gasteiger partial charge is 0.480 e. The van der Waals surface area contributed by atoms with Gasteiger partial charge in [-0.05, 0) is 38.1 Å². The molecular weight excluding hydrogens is 230 g/mol. The van der Waals surface area contributed by atoms with Crippen LogP contribution < -0.4 is 5.32 Å². The SMILES string of the molecule is O=C(O)C1(C2CCS(=O)(=O)CC2)CCCN1. The van der Waals surface area contributed by atoms with E-state index in [0.29, 0.717) is 19.3 Å². The Morgan fingerprint density at radius 2 is 1.94 bits per heavy atom. The maximum Gasteiger partial charge on any atom is 0.324 e. The van der Waals surface area contributed by atoms with E-state index in [9.17, 15) is 18.3 Å². The van der Waals surface area contributed by atoms with Crippen molar-refractivity contribution in [2.24, 2.45) is 5.92 Å². The molecule has 2 rings (SSSR count). The number of carboxylic acid groups (broad SMARTS) is 1. The van der Waals surface area contributed by atoms with Crippen molar-refractivity contribution in [1.29, 1.82) is 0 Å². The first-order valence-corrected chi connectivity index (χ1v) is 7.47. The highest BCUT2D eigenvalue weighted by molar-refractivity contribution is 7.91. The van der Waals surface area contributed by atoms with Gasteiger partial charge in [-0.3, -0.25) is 4.79 Å². The second-order valence-corrected chi connectivity index (χ2v) is 7.04. The summed E-state index contributed by atoms with van der Waals surface area (Å²) in [4.78, 5) is 11.4. The van der Waals surface area contributed by atoms with Crippen LogP contribution >= 0.6 is 0 Å². The molecular formula is C10H17NO4S. The summed E-state index contributed by atoms with van der Waals surface area (Å²) < 4.78 is 22.6. The fourth-order valence-corrected chi connectivity index (χ4v) is 4.35. The molecule has 0 aromatic carbocycles. The highest BCUT2D eigenvalue weighted by atomic mass is 32.2. The Balaban J connectivity index is 2.14. The second kappa shape index (κ2) is 4.00. The second-order valence-electron chi connectivity index (χ2n) is 4.73. The van der Waals surface area contributed by atoms with Gasteiger partial charge in [0, 0.05) is 0 Å². The maximum absolute atomic E-state index is 11.4. The Kier molecular flexibility index (Phi) is 2.96. The van der Waals surface area contributed by atoms with E-state index < -0.39 is 21.3 Å². The minimum atomic E-state index is -2.92. The zero-order valence-electron chi connectivity index (χ0n) is 9.11. The summed E-state index contributed by atoms with van der Waals surface area (Å²) in [5, 5.41) is 12.4. The molecule has 2 saturated heterocycles. The third-order valence-corrected chi connectivity index (χ3v) is 5.54. The topological polar surface area (TPSA) is 83.5 Å². The number of hydrogen-bond donors (Lipinski definition) is 2. The van der Waals surface area contributed by atoms with E-state index in [1.54, 1.807) is 0 Å². The average molecular weight is 247 g/mol. The molecule has 0 saturated carbocycles. The highest BCUT2D eigenvalue weighted by Crippen LogP contribution is 2.35. The zero-order valence-corrected chi connectivity index (χ0v) is 9.92. The molecule has 2 fully saturated rings. The molecule has 0 aliphatic carbocycles. The van der Waals surface area contributed by atoms with E-state index >= 15 is 0 Å². The Morgan fingerprint density at radius 1 is 1.31 bits per heavy atom. The van der Waals surface area contributed by atoms with Crippen molar-refractivity contribution < 1.29 is 18.3 Å². The van der Waals surface area contributed by atoms with Crippen LogP contribution in [0.15, 0.2) is 0 Å². The molecule has 1 atom stereocenters. The summed E-state index contributed by atoms with van der Waals surface area (Å²) in [7, 11) is -2.92. The summed E-state index contributed by atoms with van der Waals surface area (Å²) >= 11 is 0. The molecule has 16 heavy (non-hydrogen) atoms. The number of rotatable bonds is 2. The van der Waals surface area contributed by atoms with Crippen molar-refractivity contribution in [1.82, 2.24) is 5.32 Å². The third-order valence-electron chi connectivity index (χ3n) is 3.82. The van der Waals surface area contributed by atoms with Gasteiger partial charge in [0.2, 0.25) is 0 Å². The molecule has 1 unspecified atom stereocenters. The molecule has 0 radical (unpaired) electrons. The van der Waals surface area contributed by atoms with Crippen molar-refractivity contribution >= 4 is 15.8 Å². The van der Waals surface area contributed by atoms with E-state index in [0.717, 1.165) is 13.0 Å². The van der Waals surface area contributed by atoms with Crippen LogP contribution in [0.5, 0.6) is 0 Å². The number of nitrogens with one attached hydrogen (secondary N) is 1. The van der Waals surface area contributed by atoms with Gasteiger partial charge in [0.25, 0.3) is 0 Å². The fourth-order valence-electron chi connectivity index (χ4n) is 2.86. The molecule has 2 heterocycles. The lowest BCUT2D eigenvalue weighted by Gasteiger charge is -2.36. The molecule has 0 amide bonds. The van der Waals surface area contributed by atoms with Gasteiger partial charge in [0.15, 0.2) is 0 Å². The van der Waals surface area contributed by atoms with E-state index in [4.69, 9.17) is 0 Å². The minimum Gasteiger partial charge on any atom is -0.480 e. The van der Waals surface area contributed by atoms with Crippen LogP contribution in [0.1, 0.15) is 25.7 Å². The summed E-state index contributed by atoms with van der Waals surface area (Å²) in [5.74, 6) is -0.603. The van der Waals surface area contributed by atoms with Crippen LogP contribution in [-0.4, -0.2) is 43.1 Å². The third kappa shape index (κ3) is 1.96. The highest BCUT2D eigenvalue weighted by Gasteiger charge is 2.49. The van der Waals surface area contributed by atoms with Gasteiger partial charge in [-0.15, -0.1) is 0 Å². The molecule has 2 N–H and O–H groups in total. The fraction of sp³-hybridized carbons (Fsp3) is 0.900. The van der Waals surface area contributed by atoms with Crippen LogP contribution in [0.2, 0.25) is 0 Å². The summed E-state index contributed by atoms with van der Waals surface area (Å²) in [6, 6.07) is 0. The number of carbonyl (C=O) groups is 1. The van der Waals surface area contributed by atoms with Crippen LogP contribution in [0.3, 0.4) is 0 Å². The number of carboxylic acids is 1. The van der Waals surface area contributed by atoms with Crippen LogP contribution in [0.4, 0.5) is 0 Å². The molecule has 92 valence electrons. The molecule has 0 aromatic heterocycles. The van der Waals surface area contributed by atoms with Gasteiger partial charge in [-0.1, -0.05) is 0 Å². The van der Waals surface area contributed by atoms with E-state index in [1.807, 2.05) is 0 Å². The van der Waals surface area contributed by atoms with Gasteiger partial charge < -0.3 is 10.4 Å². The lowest BCUT2D eigenvalue weighted by Crippen LogP contribution is -2.55. The molecule has 2 aliphatic rings. The Bertz CT molecular complexity index is 370. The normalized spacial score (nSPS) is 35.0. The van der Waals surface area contributed by atoms with Crippen molar-refractivity contribution in [3.63, 3.8) is 0 Å². The predicted molar refractivity (Wildman–Crippen MR) is 59.0 cm³/mol. The number of hydrogen-bond acceptors (Lipinski definition) is 4. The van der Waals surface area contributed by atoms with Crippen molar-refractivity contribution in [2.75, 3.05) is 18.1 Å². The quantitative estimate of drug-likeness (QED) is 0.718. The van der Waals surface area contributed by atoms with Gasteiger partial charge >= 0.3 is 5.97 Å². The van der Waals surface area contributed by atoms with Crippen molar-refractivity contribution in [2.45, 2.75) is 31.2 Å². The van der Waals surface area contributed by atoms with Crippen molar-refractivity contribution in [3.8, 4) is 0 Å². The first kappa shape index (κ1) is 11.9. The van der Waals surface area contributed by atoms with Gasteiger partial charge in [0.1, 0.15) is 15.4 Å². The zero-order chi connectivity index (χ0) is 11.8. The lowest BCUT2D eigenvalue weighted by atomic mass is 9.79. The first-order chi connectivity index (χ1) is 7.46. The first-order valence-electron chi connectivity index (χ1n) is 5.65. The predicted octanol–water partition coefficient (Wildman–Crippen LogP) is 0.0180. The number of aliphatic carboxylic acids is 1. The van der Waals surface area contributed by atoms with E-state index in [1.165, 1.54) is 0 Å². The molecule has 2 aliphatic heterocycles. The van der Waals surface area contributed by atoms with Crippen LogP contribution in [0, 0.1) is 5.92 Å². The van der Waals surface area contributed by atoms with Crippen LogP contribution in [0.25, 0.3) is 0 Å². The monoisotopic (exact) mass is 247 g/mol. The average Bonchev–Trinajstić information content (AvgIpc) is 2.67. The molecule has 0 aromatic rings. The van der Waals surface area contributed by atoms with Gasteiger partial charge in [0.05, 0.1) is 11.5 Å². The Labute approximate surface area is 95.1 Å². The summed E-state index contributed by atoms with van der Waals surface area (Å²) in [6.45, 7) is 0.718. The molecule has 5 nitrogen and oxygen atoms in total. The standard InChI is InChI=1S/C10H17NO4S/c12-9(13)10(4-1-5-11-10)8-2-6-16(14,15)7-3-8/h8,11H,1-7H2,(H,12,13). The number of sulfone groups is 1. The van der Waals surface area contributed by atoms with E-state index in [-0.39, 0.29) is 17.4 Å².